The Balaban J connectivity index is 2.10. The molecule has 4 atom stereocenters. The maximum atomic E-state index is 12.9. The number of amides is 5. The van der Waals surface area contributed by atoms with E-state index in [1.807, 2.05) is 0 Å². The number of aromatic nitrogens is 1. The van der Waals surface area contributed by atoms with Gasteiger partial charge >= 0.3 is 5.97 Å². The summed E-state index contributed by atoms with van der Waals surface area (Å²) in [7, 11) is 0. The molecule has 5 amide bonds. The SMILES string of the molecule is NC(=O)CCC(N)C(=O)NC(CO)C(=O)NC(CC(N)=O)C(=O)NC(Cc1c[nH]c2ccccc12)C(=O)O. The number of para-hydroxylation sites is 1. The number of aliphatic hydroxyl groups excluding tert-OH is 1. The first-order valence-corrected chi connectivity index (χ1v) is 11.5. The van der Waals surface area contributed by atoms with Crippen LogP contribution in [0.1, 0.15) is 24.8 Å². The molecule has 0 radical (unpaired) electrons. The van der Waals surface area contributed by atoms with Crippen LogP contribution in [0.15, 0.2) is 30.5 Å². The van der Waals surface area contributed by atoms with Gasteiger partial charge in [0.1, 0.15) is 18.1 Å². The van der Waals surface area contributed by atoms with Gasteiger partial charge in [-0.1, -0.05) is 18.2 Å². The van der Waals surface area contributed by atoms with Crippen molar-refractivity contribution in [3.63, 3.8) is 0 Å². The minimum atomic E-state index is -1.61. The molecule has 1 aromatic heterocycles. The number of benzene rings is 1. The number of hydrogen-bond acceptors (Lipinski definition) is 8. The molecule has 0 saturated carbocycles. The second-order valence-electron chi connectivity index (χ2n) is 8.55. The average molecular weight is 534 g/mol. The number of carboxylic acids is 1. The van der Waals surface area contributed by atoms with Crippen LogP contribution in [0.3, 0.4) is 0 Å². The topological polar surface area (TPSA) is 273 Å². The second kappa shape index (κ2) is 13.7. The summed E-state index contributed by atoms with van der Waals surface area (Å²) >= 11 is 0. The molecular formula is C23H31N7O8. The molecule has 0 bridgehead atoms. The largest absolute Gasteiger partial charge is 0.480 e. The molecule has 15 heteroatoms. The highest BCUT2D eigenvalue weighted by atomic mass is 16.4. The number of hydrogen-bond donors (Lipinski definition) is 9. The lowest BCUT2D eigenvalue weighted by molar-refractivity contribution is -0.142. The number of nitrogens with one attached hydrogen (secondary N) is 4. The Kier molecular flexibility index (Phi) is 10.7. The Morgan fingerprint density at radius 1 is 0.868 bits per heavy atom. The van der Waals surface area contributed by atoms with Gasteiger partial charge in [-0.15, -0.1) is 0 Å². The fourth-order valence-corrected chi connectivity index (χ4v) is 3.58. The van der Waals surface area contributed by atoms with E-state index < -0.39 is 72.7 Å². The summed E-state index contributed by atoms with van der Waals surface area (Å²) in [5.74, 6) is -5.99. The number of H-pyrrole nitrogens is 1. The summed E-state index contributed by atoms with van der Waals surface area (Å²) in [6.07, 6.45) is 0.509. The lowest BCUT2D eigenvalue weighted by Crippen LogP contribution is -2.58. The highest BCUT2D eigenvalue weighted by molar-refractivity contribution is 5.96. The number of primary amides is 2. The molecule has 0 aliphatic rings. The maximum absolute atomic E-state index is 12.9. The Labute approximate surface area is 216 Å². The summed E-state index contributed by atoms with van der Waals surface area (Å²) < 4.78 is 0. The number of carbonyl (C=O) groups is 6. The number of aliphatic carboxylic acids is 1. The van der Waals surface area contributed by atoms with Crippen molar-refractivity contribution in [1.82, 2.24) is 20.9 Å². The summed E-state index contributed by atoms with van der Waals surface area (Å²) in [4.78, 5) is 75.0. The predicted octanol–water partition coefficient (Wildman–Crippen LogP) is -3.29. The number of fused-ring (bicyclic) bond motifs is 1. The summed E-state index contributed by atoms with van der Waals surface area (Å²) in [6.45, 7) is -0.899. The Morgan fingerprint density at radius 2 is 1.47 bits per heavy atom. The number of carbonyl (C=O) groups excluding carboxylic acids is 5. The molecule has 2 aromatic rings. The Hall–Kier alpha value is -4.50. The molecule has 0 aliphatic carbocycles. The average Bonchev–Trinajstić information content (AvgIpc) is 3.27. The fourth-order valence-electron chi connectivity index (χ4n) is 3.58. The Bertz CT molecular complexity index is 1200. The first-order valence-electron chi connectivity index (χ1n) is 11.5. The number of carboxylic acid groups (broad SMARTS) is 1. The third-order valence-electron chi connectivity index (χ3n) is 5.61. The van der Waals surface area contributed by atoms with Crippen molar-refractivity contribution in [2.75, 3.05) is 6.61 Å². The Morgan fingerprint density at radius 3 is 2.08 bits per heavy atom. The van der Waals surface area contributed by atoms with Gasteiger partial charge in [0.25, 0.3) is 0 Å². The van der Waals surface area contributed by atoms with E-state index >= 15 is 0 Å². The van der Waals surface area contributed by atoms with Crippen molar-refractivity contribution in [2.24, 2.45) is 17.2 Å². The predicted molar refractivity (Wildman–Crippen MR) is 133 cm³/mol. The summed E-state index contributed by atoms with van der Waals surface area (Å²) in [5, 5.41) is 26.6. The molecule has 2 rings (SSSR count). The van der Waals surface area contributed by atoms with Crippen molar-refractivity contribution in [1.29, 1.82) is 0 Å². The second-order valence-corrected chi connectivity index (χ2v) is 8.55. The lowest BCUT2D eigenvalue weighted by Gasteiger charge is -2.24. The fraction of sp³-hybridized carbons (Fsp3) is 0.391. The number of rotatable bonds is 15. The molecule has 1 heterocycles. The highest BCUT2D eigenvalue weighted by Gasteiger charge is 2.31. The molecule has 4 unspecified atom stereocenters. The summed E-state index contributed by atoms with van der Waals surface area (Å²) in [5.41, 5.74) is 17.2. The van der Waals surface area contributed by atoms with E-state index in [-0.39, 0.29) is 19.3 Å². The van der Waals surface area contributed by atoms with Gasteiger partial charge in [-0.05, 0) is 18.1 Å². The van der Waals surface area contributed by atoms with Crippen molar-refractivity contribution in [2.45, 2.75) is 49.9 Å². The van der Waals surface area contributed by atoms with E-state index in [0.29, 0.717) is 5.56 Å². The molecule has 0 spiro atoms. The van der Waals surface area contributed by atoms with Crippen molar-refractivity contribution in [3.8, 4) is 0 Å². The molecule has 206 valence electrons. The smallest absolute Gasteiger partial charge is 0.326 e. The van der Waals surface area contributed by atoms with Crippen LogP contribution in [0.25, 0.3) is 10.9 Å². The van der Waals surface area contributed by atoms with Crippen LogP contribution in [0.5, 0.6) is 0 Å². The molecule has 38 heavy (non-hydrogen) atoms. The van der Waals surface area contributed by atoms with Gasteiger partial charge in [0.15, 0.2) is 0 Å². The molecular weight excluding hydrogens is 502 g/mol. The van der Waals surface area contributed by atoms with Crippen LogP contribution < -0.4 is 33.2 Å². The van der Waals surface area contributed by atoms with Gasteiger partial charge < -0.3 is 48.3 Å². The monoisotopic (exact) mass is 533 g/mol. The molecule has 0 fully saturated rings. The van der Waals surface area contributed by atoms with Crippen LogP contribution in [0, 0.1) is 0 Å². The zero-order valence-electron chi connectivity index (χ0n) is 20.3. The van der Waals surface area contributed by atoms with E-state index in [2.05, 4.69) is 20.9 Å². The molecule has 1 aromatic carbocycles. The van der Waals surface area contributed by atoms with Gasteiger partial charge in [0, 0.05) is 29.9 Å². The minimum absolute atomic E-state index is 0.110. The molecule has 12 N–H and O–H groups in total. The minimum Gasteiger partial charge on any atom is -0.480 e. The lowest BCUT2D eigenvalue weighted by atomic mass is 10.0. The third-order valence-corrected chi connectivity index (χ3v) is 5.61. The summed E-state index contributed by atoms with van der Waals surface area (Å²) in [6, 6.07) is 1.32. The molecule has 15 nitrogen and oxygen atoms in total. The number of nitrogens with two attached hydrogens (primary N) is 3. The van der Waals surface area contributed by atoms with Gasteiger partial charge in [-0.3, -0.25) is 24.0 Å². The van der Waals surface area contributed by atoms with Gasteiger partial charge in [-0.25, -0.2) is 4.79 Å². The van der Waals surface area contributed by atoms with Crippen LogP contribution in [-0.2, 0) is 35.2 Å². The standard InChI is InChI=1S/C23H31N7O8/c24-13(5-6-18(25)32)20(34)30-17(10-31)22(36)28-15(8-19(26)33)21(35)29-16(23(37)38)7-11-9-27-14-4-2-1-3-12(11)14/h1-4,9,13,15-17,27,31H,5-8,10,24H2,(H2,25,32)(H2,26,33)(H,28,36)(H,29,35)(H,30,34)(H,37,38). The van der Waals surface area contributed by atoms with Crippen LogP contribution in [0.4, 0.5) is 0 Å². The zero-order valence-corrected chi connectivity index (χ0v) is 20.3. The van der Waals surface area contributed by atoms with Gasteiger partial charge in [0.2, 0.25) is 29.5 Å². The van der Waals surface area contributed by atoms with Crippen molar-refractivity contribution < 1.29 is 39.0 Å². The quantitative estimate of drug-likeness (QED) is 0.111. The van der Waals surface area contributed by atoms with Crippen LogP contribution in [-0.4, -0.2) is 81.5 Å². The first kappa shape index (κ1) is 29.7. The third kappa shape index (κ3) is 8.56. The molecule has 0 saturated heterocycles. The van der Waals surface area contributed by atoms with Gasteiger partial charge in [0.05, 0.1) is 19.1 Å². The van der Waals surface area contributed by atoms with Crippen molar-refractivity contribution in [3.05, 3.63) is 36.0 Å². The van der Waals surface area contributed by atoms with E-state index in [1.165, 1.54) is 0 Å². The number of aliphatic hydroxyl groups is 1. The maximum Gasteiger partial charge on any atom is 0.326 e. The van der Waals surface area contributed by atoms with Gasteiger partial charge in [-0.2, -0.15) is 0 Å². The van der Waals surface area contributed by atoms with Crippen LogP contribution >= 0.6 is 0 Å². The normalized spacial score (nSPS) is 14.1. The van der Waals surface area contributed by atoms with E-state index in [1.54, 1.807) is 30.5 Å². The van der Waals surface area contributed by atoms with E-state index in [0.717, 1.165) is 10.9 Å². The van der Waals surface area contributed by atoms with E-state index in [4.69, 9.17) is 17.2 Å². The van der Waals surface area contributed by atoms with Crippen LogP contribution in [0.2, 0.25) is 0 Å². The van der Waals surface area contributed by atoms with Crippen molar-refractivity contribution >= 4 is 46.4 Å². The number of aromatic amines is 1. The zero-order chi connectivity index (χ0) is 28.4. The molecule has 0 aliphatic heterocycles. The van der Waals surface area contributed by atoms with E-state index in [9.17, 15) is 39.0 Å². The first-order chi connectivity index (χ1) is 17.9. The highest BCUT2D eigenvalue weighted by Crippen LogP contribution is 2.19.